The zero-order chi connectivity index (χ0) is 85.7. The number of pyridine rings is 1. The summed E-state index contributed by atoms with van der Waals surface area (Å²) < 4.78 is 343. The second-order valence-electron chi connectivity index (χ2n) is 21.6. The van der Waals surface area contributed by atoms with E-state index in [0.717, 1.165) is 0 Å². The third kappa shape index (κ3) is 31.3. The Bertz CT molecular complexity index is 3590. The first-order valence-corrected chi connectivity index (χ1v) is 27.5. The van der Waals surface area contributed by atoms with Crippen LogP contribution in [0.25, 0.3) is 17.1 Å². The summed E-state index contributed by atoms with van der Waals surface area (Å²) in [5.74, 6) is -28.4. The summed E-state index contributed by atoms with van der Waals surface area (Å²) >= 11 is 9.53. The molecule has 4 heterocycles. The van der Waals surface area contributed by atoms with Gasteiger partial charge in [0.05, 0.1) is 16.7 Å². The van der Waals surface area contributed by atoms with Gasteiger partial charge in [0.2, 0.25) is 11.1 Å². The van der Waals surface area contributed by atoms with Crippen molar-refractivity contribution in [3.05, 3.63) is 145 Å². The van der Waals surface area contributed by atoms with Gasteiger partial charge in [-0.3, -0.25) is 29.0 Å². The first-order chi connectivity index (χ1) is 47.2. The first-order valence-electron chi connectivity index (χ1n) is 26.4. The number of ketones is 5. The van der Waals surface area contributed by atoms with Crippen molar-refractivity contribution in [2.45, 2.75) is 139 Å². The quantitative estimate of drug-likeness (QED) is 0.0480. The molecule has 109 heavy (non-hydrogen) atoms. The van der Waals surface area contributed by atoms with Crippen LogP contribution < -0.4 is 25.5 Å². The van der Waals surface area contributed by atoms with Crippen LogP contribution in [-0.2, 0) is 73.5 Å². The summed E-state index contributed by atoms with van der Waals surface area (Å²) in [6.07, 6.45) is -56.3. The molecule has 0 fully saturated rings. The number of aromatic nitrogens is 3. The molecular weight excluding hydrogens is 1760 g/mol. The molecule has 0 atom stereocenters. The molecule has 0 bridgehead atoms. The molecule has 5 rings (SSSR count). The van der Waals surface area contributed by atoms with Crippen LogP contribution in [0.3, 0.4) is 0 Å². The molecule has 2 aliphatic heterocycles. The second kappa shape index (κ2) is 38.7. The SMILES string of the molecule is CC1(C)[N+](=O)C(c2cc(C3=[N+]([O-])C(C)(C)C(C)(C)[N+]3=O)cc(-n3ccc(-c4ccccn4)n3)c2)=[N+]([O-])C1(C)C.ClCCl.O=C(/C=C(\[O-])C(F)(F)F)C(F)(F)F.O=C(/C=C(\[O-])C(F)(F)F)C(F)(F)F.O=C(/C=C(\[O-])C(F)(F)F)C(F)(F)F.O=C(/C=C(\[O-])C(F)(F)F)C(F)(F)F.O=C(/C=C(\[O-])C(F)(F)F)C(F)(F)F.[Co].[Y]. The van der Waals surface area contributed by atoms with E-state index in [4.69, 9.17) is 23.2 Å². The molecule has 2 aromatic heterocycles. The zero-order valence-electron chi connectivity index (χ0n) is 54.1. The smallest absolute Gasteiger partial charge is 0.504 e. The number of alkyl halides is 32. The molecule has 0 aliphatic carbocycles. The standard InChI is InChI=1S/C28H33N7O4.5C5H2F6O2.CH2Cl2.Co.Y/c1-25(2)26(3,4)33(37)23(32(25)36)18-15-19(24-34(38)27(5,6)28(7,8)35(24)39)17-20(16-18)31-14-12-22(30-31)21-11-9-10-13-29-21;5*6-4(7,8)2(12)1-3(13)5(9,10)11;2-1-3;;/h9-17H,1-8H3;5*1,12H;1H2;;/q+2;;;;;;;;/p-5/b;5*2-1-;;;. The number of carbonyl (C=O) groups excluding carboxylic acids is 5. The maximum absolute atomic E-state index is 13.5. The summed E-state index contributed by atoms with van der Waals surface area (Å²) in [4.78, 5) is 80.5. The van der Waals surface area contributed by atoms with Crippen LogP contribution in [0.15, 0.2) is 114 Å². The minimum absolute atomic E-state index is 0. The fourth-order valence-electron chi connectivity index (χ4n) is 6.22. The van der Waals surface area contributed by atoms with Crippen molar-refractivity contribution in [2.24, 2.45) is 0 Å². The van der Waals surface area contributed by atoms with Crippen molar-refractivity contribution < 1.29 is 250 Å². The molecule has 0 unspecified atom stereocenters. The number of hydrogen-bond acceptors (Lipinski definition) is 16. The zero-order valence-corrected chi connectivity index (χ0v) is 59.5. The first kappa shape index (κ1) is 107. The van der Waals surface area contributed by atoms with Crippen LogP contribution in [-0.4, -0.2) is 164 Å². The number of hydrogen-bond donors (Lipinski definition) is 0. The monoisotopic (exact) mass is 1800 g/mol. The molecule has 2 radical (unpaired) electrons. The molecule has 0 amide bonds. The van der Waals surface area contributed by atoms with Crippen molar-refractivity contribution in [1.29, 1.82) is 0 Å². The summed E-state index contributed by atoms with van der Waals surface area (Å²) in [5, 5.41) is 81.0. The van der Waals surface area contributed by atoms with E-state index in [-0.39, 0.29) is 77.6 Å². The fourth-order valence-corrected chi connectivity index (χ4v) is 6.22. The maximum atomic E-state index is 13.5. The Hall–Kier alpha value is -8.14. The largest absolute Gasteiger partial charge is 0.869 e. The average molecular weight is 1800 g/mol. The normalized spacial score (nSPS) is 16.4. The third-order valence-electron chi connectivity index (χ3n) is 13.1. The second-order valence-corrected chi connectivity index (χ2v) is 22.4. The van der Waals surface area contributed by atoms with E-state index in [1.165, 1.54) is 0 Å². The van der Waals surface area contributed by atoms with Crippen molar-refractivity contribution in [3.8, 4) is 17.1 Å². The van der Waals surface area contributed by atoms with Crippen LogP contribution in [0, 0.1) is 20.2 Å². The van der Waals surface area contributed by atoms with E-state index in [1.54, 1.807) is 96.7 Å². The molecule has 614 valence electrons. The van der Waals surface area contributed by atoms with Gasteiger partial charge in [0.25, 0.3) is 40.0 Å². The molecule has 3 aromatic rings. The van der Waals surface area contributed by atoms with Gasteiger partial charge in [-0.15, -0.1) is 32.7 Å². The van der Waals surface area contributed by atoms with Gasteiger partial charge in [0.15, 0.2) is 0 Å². The Balaban J connectivity index is -0.000000661. The molecule has 0 saturated heterocycles. The Labute approximate surface area is 632 Å². The van der Waals surface area contributed by atoms with E-state index in [9.17, 15) is 201 Å². The van der Waals surface area contributed by atoms with Crippen LogP contribution in [0.5, 0.6) is 0 Å². The third-order valence-corrected chi connectivity index (χ3v) is 13.1. The van der Waals surface area contributed by atoms with Gasteiger partial charge in [0.1, 0.15) is 26.3 Å². The van der Waals surface area contributed by atoms with Crippen molar-refractivity contribution >= 4 is 63.8 Å². The molecule has 1 aromatic carbocycles. The van der Waals surface area contributed by atoms with Crippen LogP contribution in [0.4, 0.5) is 132 Å². The van der Waals surface area contributed by atoms with Crippen LogP contribution in [0.2, 0.25) is 0 Å². The number of halogens is 32. The minimum atomic E-state index is -5.46. The van der Waals surface area contributed by atoms with Crippen LogP contribution in [0.1, 0.15) is 66.5 Å². The summed E-state index contributed by atoms with van der Waals surface area (Å²) in [5.41, 5.74) is -1.87. The molecule has 0 saturated carbocycles. The van der Waals surface area contributed by atoms with Gasteiger partial charge in [0, 0.05) is 127 Å². The number of allylic oxidation sites excluding steroid dienone is 10. The van der Waals surface area contributed by atoms with Crippen LogP contribution >= 0.6 is 23.2 Å². The Morgan fingerprint density at radius 1 is 0.404 bits per heavy atom. The van der Waals surface area contributed by atoms with Gasteiger partial charge < -0.3 is 35.9 Å². The molecular formula is C54H40Cl2CoF30N7O14Y-3. The Morgan fingerprint density at radius 3 is 0.807 bits per heavy atom. The van der Waals surface area contributed by atoms with Crippen molar-refractivity contribution in [1.82, 2.24) is 14.8 Å². The number of amidine groups is 2. The Morgan fingerprint density at radius 2 is 0.633 bits per heavy atom. The number of rotatable bonds is 9. The van der Waals surface area contributed by atoms with E-state index >= 15 is 0 Å². The minimum Gasteiger partial charge on any atom is -0.869 e. The van der Waals surface area contributed by atoms with Gasteiger partial charge in [-0.25, -0.2) is 4.68 Å². The summed E-state index contributed by atoms with van der Waals surface area (Å²) in [6.45, 7) is 13.7. The van der Waals surface area contributed by atoms with E-state index in [0.29, 0.717) is 36.1 Å². The van der Waals surface area contributed by atoms with Crippen molar-refractivity contribution in [2.75, 3.05) is 5.34 Å². The van der Waals surface area contributed by atoms with Gasteiger partial charge >= 0.3 is 73.4 Å². The molecule has 55 heteroatoms. The van der Waals surface area contributed by atoms with Gasteiger partial charge in [-0.2, -0.15) is 137 Å². The number of benzene rings is 1. The molecule has 0 N–H and O–H groups in total. The summed E-state index contributed by atoms with van der Waals surface area (Å²) in [6, 6.07) is 12.2. The number of nitroso groups, excluding NO2 is 2. The van der Waals surface area contributed by atoms with E-state index in [1.807, 2.05) is 18.2 Å². The average Bonchev–Trinajstić information content (AvgIpc) is 1.57. The number of nitrogens with zero attached hydrogens (tertiary/aromatic N) is 7. The predicted molar refractivity (Wildman–Crippen MR) is 288 cm³/mol. The summed E-state index contributed by atoms with van der Waals surface area (Å²) in [7, 11) is 0. The maximum Gasteiger partial charge on any atom is 0.504 e. The number of hydroxylamine groups is 2. The number of carbonyl (C=O) groups is 5. The Kier molecular flexibility index (Phi) is 38.0. The van der Waals surface area contributed by atoms with Gasteiger partial charge in [-0.1, -0.05) is 6.07 Å². The predicted octanol–water partition coefficient (Wildman–Crippen LogP) is 10.2. The molecule has 2 aliphatic rings. The van der Waals surface area contributed by atoms with E-state index < -0.39 is 172 Å². The fraction of sp³-hybridized carbons (Fsp3) is 0.426. The topological polar surface area (TPSA) is 324 Å². The van der Waals surface area contributed by atoms with Gasteiger partial charge in [-0.05, 0) is 95.6 Å². The molecule has 21 nitrogen and oxygen atoms in total. The molecule has 0 spiro atoms. The van der Waals surface area contributed by atoms with E-state index in [2.05, 4.69) is 10.1 Å². The van der Waals surface area contributed by atoms with Crippen molar-refractivity contribution in [3.63, 3.8) is 0 Å².